The van der Waals surface area contributed by atoms with Gasteiger partial charge in [-0.1, -0.05) is 38.5 Å². The molecule has 2 saturated heterocycles. The molecule has 2 unspecified atom stereocenters. The van der Waals surface area contributed by atoms with Crippen molar-refractivity contribution in [3.63, 3.8) is 0 Å². The molecule has 0 radical (unpaired) electrons. The van der Waals surface area contributed by atoms with Crippen LogP contribution >= 0.6 is 37.3 Å². The summed E-state index contributed by atoms with van der Waals surface area (Å²) in [6, 6.07) is 12.5. The molecule has 3 aliphatic rings. The molecule has 0 N–H and O–H groups in total. The molecular weight excluding hydrogens is 665 g/mol. The third kappa shape index (κ3) is 7.24. The molecule has 0 spiro atoms. The van der Waals surface area contributed by atoms with Gasteiger partial charge in [0.25, 0.3) is 0 Å². The molecule has 3 fully saturated rings. The van der Waals surface area contributed by atoms with Crippen molar-refractivity contribution in [2.24, 2.45) is 0 Å². The van der Waals surface area contributed by atoms with E-state index in [1.807, 2.05) is 0 Å². The number of nitrogens with zero attached hydrogens (tertiary/aromatic N) is 2. The van der Waals surface area contributed by atoms with Crippen LogP contribution in [0.25, 0.3) is 10.6 Å². The van der Waals surface area contributed by atoms with Crippen LogP contribution in [-0.2, 0) is 0 Å². The van der Waals surface area contributed by atoms with Gasteiger partial charge >= 0.3 is 118 Å². The van der Waals surface area contributed by atoms with E-state index in [0.29, 0.717) is 12.1 Å². The van der Waals surface area contributed by atoms with Crippen molar-refractivity contribution >= 4 is 51.3 Å². The van der Waals surface area contributed by atoms with Gasteiger partial charge in [0.1, 0.15) is 0 Å². The number of halogens is 2. The number of hydrogen-bond donors (Lipinski definition) is 0. The van der Waals surface area contributed by atoms with Crippen molar-refractivity contribution in [1.29, 1.82) is 0 Å². The van der Waals surface area contributed by atoms with E-state index in [1.54, 1.807) is 3.58 Å². The van der Waals surface area contributed by atoms with Gasteiger partial charge in [-0.3, -0.25) is 0 Å². The first-order chi connectivity index (χ1) is 13.2. The Morgan fingerprint density at radius 1 is 0.667 bits per heavy atom. The van der Waals surface area contributed by atoms with Crippen molar-refractivity contribution in [3.8, 4) is 0 Å². The normalized spacial score (nSPS) is 27.5. The standard InChI is InChI=1S/C10H18N2.C6H11.C6H5.2HI.Sn/c1-3-7-11-9(5-1)10-6-2-4-8-12-10;2*1-2-4-6-5-3-1;;;/h9-10H,1-8H2;1H,2-6H2;1-5H;2*1H;/q-2;;;;;+2/p-2. The summed E-state index contributed by atoms with van der Waals surface area (Å²) in [5.74, 6) is 0. The summed E-state index contributed by atoms with van der Waals surface area (Å²) in [6.07, 6.45) is 15.4. The summed E-state index contributed by atoms with van der Waals surface area (Å²) >= 11 is 5.72. The molecule has 2 aliphatic heterocycles. The van der Waals surface area contributed by atoms with Crippen LogP contribution < -0.4 is 3.58 Å². The first-order valence-electron chi connectivity index (χ1n) is 10.9. The fraction of sp³-hybridized carbons (Fsp3) is 0.727. The summed E-state index contributed by atoms with van der Waals surface area (Å²) < 4.78 is 2.76. The molecule has 152 valence electrons. The molecule has 5 heteroatoms. The fourth-order valence-corrected chi connectivity index (χ4v) is 24.2. The van der Waals surface area contributed by atoms with Crippen LogP contribution in [0.15, 0.2) is 30.3 Å². The second-order valence-corrected chi connectivity index (χ2v) is 52.5. The van der Waals surface area contributed by atoms with Crippen molar-refractivity contribution in [1.82, 2.24) is 0 Å². The predicted octanol–water partition coefficient (Wildman–Crippen LogP) is 7.38. The van der Waals surface area contributed by atoms with Crippen molar-refractivity contribution in [3.05, 3.63) is 41.0 Å². The van der Waals surface area contributed by atoms with Gasteiger partial charge in [-0.15, -0.1) is 13.1 Å². The van der Waals surface area contributed by atoms with Crippen LogP contribution in [0.2, 0.25) is 3.93 Å². The van der Waals surface area contributed by atoms with E-state index in [9.17, 15) is 0 Å². The van der Waals surface area contributed by atoms with E-state index < -0.39 is 10.4 Å². The summed E-state index contributed by atoms with van der Waals surface area (Å²) in [6.45, 7) is 2.19. The van der Waals surface area contributed by atoms with Gasteiger partial charge in [0, 0.05) is 0 Å². The van der Waals surface area contributed by atoms with Gasteiger partial charge in [0.2, 0.25) is 0 Å². The minimum atomic E-state index is -2.03. The minimum absolute atomic E-state index is 0.596. The van der Waals surface area contributed by atoms with Gasteiger partial charge in [-0.2, -0.15) is 12.1 Å². The van der Waals surface area contributed by atoms with Crippen LogP contribution in [0.5, 0.6) is 0 Å². The Labute approximate surface area is 190 Å². The van der Waals surface area contributed by atoms with Gasteiger partial charge in [-0.05, 0) is 0 Å². The molecular formula is C22H34I2N2Sn-2. The second kappa shape index (κ2) is 12.3. The van der Waals surface area contributed by atoms with Crippen molar-refractivity contribution < 1.29 is 0 Å². The predicted molar refractivity (Wildman–Crippen MR) is 138 cm³/mol. The molecule has 2 nitrogen and oxygen atoms in total. The topological polar surface area (TPSA) is 28.2 Å². The third-order valence-corrected chi connectivity index (χ3v) is 34.2. The Balaban J connectivity index is 0.000000159. The molecule has 1 aliphatic carbocycles. The first kappa shape index (κ1) is 23.1. The average molecular weight is 699 g/mol. The zero-order valence-corrected chi connectivity index (χ0v) is 23.6. The van der Waals surface area contributed by atoms with Crippen LogP contribution in [0.4, 0.5) is 0 Å². The Hall–Kier alpha value is 1.40. The summed E-state index contributed by atoms with van der Waals surface area (Å²) in [4.78, 5) is 0. The Morgan fingerprint density at radius 3 is 1.67 bits per heavy atom. The van der Waals surface area contributed by atoms with Crippen molar-refractivity contribution in [2.75, 3.05) is 13.1 Å². The molecule has 2 heterocycles. The molecule has 0 amide bonds. The zero-order chi connectivity index (χ0) is 19.0. The van der Waals surface area contributed by atoms with Crippen LogP contribution in [0.1, 0.15) is 70.6 Å². The molecule has 27 heavy (non-hydrogen) atoms. The van der Waals surface area contributed by atoms with Gasteiger partial charge in [-0.25, -0.2) is 0 Å². The van der Waals surface area contributed by atoms with E-state index in [-0.39, 0.29) is 0 Å². The van der Waals surface area contributed by atoms with E-state index >= 15 is 0 Å². The summed E-state index contributed by atoms with van der Waals surface area (Å²) in [7, 11) is -2.03. The van der Waals surface area contributed by atoms with Crippen molar-refractivity contribution in [2.45, 2.75) is 86.6 Å². The van der Waals surface area contributed by atoms with E-state index in [1.165, 1.54) is 70.6 Å². The molecule has 1 aromatic carbocycles. The Kier molecular flexibility index (Phi) is 10.5. The first-order valence-corrected chi connectivity index (χ1v) is 30.6. The zero-order valence-electron chi connectivity index (χ0n) is 16.5. The quantitative estimate of drug-likeness (QED) is 0.233. The fourth-order valence-electron chi connectivity index (χ4n) is 4.62. The monoisotopic (exact) mass is 700 g/mol. The van der Waals surface area contributed by atoms with E-state index in [4.69, 9.17) is 0 Å². The third-order valence-electron chi connectivity index (χ3n) is 6.26. The van der Waals surface area contributed by atoms with Crippen LogP contribution in [-0.4, -0.2) is 35.6 Å². The molecule has 4 rings (SSSR count). The van der Waals surface area contributed by atoms with Gasteiger partial charge in [0.05, 0.1) is 0 Å². The van der Waals surface area contributed by atoms with E-state index in [2.05, 4.69) is 78.2 Å². The number of hydrogen-bond acceptors (Lipinski definition) is 0. The average Bonchev–Trinajstić information content (AvgIpc) is 2.77. The summed E-state index contributed by atoms with van der Waals surface area (Å²) in [5, 5.41) is 9.32. The molecule has 0 bridgehead atoms. The Morgan fingerprint density at radius 2 is 1.19 bits per heavy atom. The SMILES string of the molecule is C1CCC(C2CCCC[N-]2)[N-]C1.[I][Sn]([I])([c]1ccccc1)[CH]1CCCCC1. The number of rotatable bonds is 3. The summed E-state index contributed by atoms with van der Waals surface area (Å²) in [5.41, 5.74) is 0. The molecule has 0 aromatic heterocycles. The molecule has 2 atom stereocenters. The van der Waals surface area contributed by atoms with Crippen LogP contribution in [0, 0.1) is 0 Å². The van der Waals surface area contributed by atoms with Gasteiger partial charge in [0.15, 0.2) is 0 Å². The number of piperidine rings is 2. The second-order valence-electron chi connectivity index (χ2n) is 8.26. The number of benzene rings is 1. The maximum atomic E-state index is 4.66. The van der Waals surface area contributed by atoms with Crippen LogP contribution in [0.3, 0.4) is 0 Å². The molecule has 1 saturated carbocycles. The maximum absolute atomic E-state index is 4.66. The van der Waals surface area contributed by atoms with Gasteiger partial charge < -0.3 is 10.6 Å². The molecule has 1 aromatic rings. The van der Waals surface area contributed by atoms with E-state index in [0.717, 1.165) is 17.0 Å². The Bertz CT molecular complexity index is 506.